The second-order valence-corrected chi connectivity index (χ2v) is 4.86. The minimum Gasteiger partial charge on any atom is -0.383 e. The van der Waals surface area contributed by atoms with Gasteiger partial charge in [0.2, 0.25) is 0 Å². The lowest BCUT2D eigenvalue weighted by Gasteiger charge is -2.01. The molecule has 2 aromatic heterocycles. The number of aromatic nitrogens is 3. The standard InChI is InChI=1S/C13H12N4S/c14-12-9(4-3-7-15-12)8-18-13-16-10-5-1-2-6-11(10)17-13/h1-7H,8H2,(H2,14,15)(H,16,17). The number of nitrogen functional groups attached to an aromatic ring is 1. The number of fused-ring (bicyclic) bond motifs is 1. The van der Waals surface area contributed by atoms with Gasteiger partial charge in [0, 0.05) is 17.5 Å². The Morgan fingerprint density at radius 1 is 1.17 bits per heavy atom. The number of thioether (sulfide) groups is 1. The Morgan fingerprint density at radius 3 is 2.89 bits per heavy atom. The van der Waals surface area contributed by atoms with Gasteiger partial charge in [-0.15, -0.1) is 0 Å². The number of rotatable bonds is 3. The van der Waals surface area contributed by atoms with Crippen molar-refractivity contribution in [3.05, 3.63) is 48.2 Å². The normalized spacial score (nSPS) is 10.9. The molecule has 18 heavy (non-hydrogen) atoms. The molecule has 0 bridgehead atoms. The van der Waals surface area contributed by atoms with Crippen molar-refractivity contribution in [1.82, 2.24) is 15.0 Å². The first-order valence-electron chi connectivity index (χ1n) is 5.60. The molecule has 0 aliphatic heterocycles. The van der Waals surface area contributed by atoms with Crippen LogP contribution in [-0.2, 0) is 5.75 Å². The zero-order chi connectivity index (χ0) is 12.4. The minimum absolute atomic E-state index is 0.584. The lowest BCUT2D eigenvalue weighted by molar-refractivity contribution is 1.08. The van der Waals surface area contributed by atoms with Gasteiger partial charge in [-0.25, -0.2) is 9.97 Å². The van der Waals surface area contributed by atoms with Gasteiger partial charge in [0.25, 0.3) is 0 Å². The van der Waals surface area contributed by atoms with Crippen LogP contribution >= 0.6 is 11.8 Å². The van der Waals surface area contributed by atoms with Gasteiger partial charge in [-0.3, -0.25) is 0 Å². The molecule has 4 nitrogen and oxygen atoms in total. The fraction of sp³-hybridized carbons (Fsp3) is 0.0769. The molecule has 90 valence electrons. The van der Waals surface area contributed by atoms with Crippen LogP contribution in [0.15, 0.2) is 47.8 Å². The molecule has 1 aromatic carbocycles. The molecule has 5 heteroatoms. The predicted octanol–water partition coefficient (Wildman–Crippen LogP) is 2.83. The number of hydrogen-bond acceptors (Lipinski definition) is 4. The van der Waals surface area contributed by atoms with E-state index in [0.717, 1.165) is 27.5 Å². The molecule has 0 radical (unpaired) electrons. The van der Waals surface area contributed by atoms with E-state index in [4.69, 9.17) is 5.73 Å². The van der Waals surface area contributed by atoms with Crippen molar-refractivity contribution in [1.29, 1.82) is 0 Å². The average Bonchev–Trinajstić information content (AvgIpc) is 2.80. The predicted molar refractivity (Wildman–Crippen MR) is 74.3 cm³/mol. The van der Waals surface area contributed by atoms with E-state index in [0.29, 0.717) is 5.82 Å². The minimum atomic E-state index is 0.584. The molecule has 3 aromatic rings. The van der Waals surface area contributed by atoms with Crippen LogP contribution in [0.25, 0.3) is 11.0 Å². The van der Waals surface area contributed by atoms with E-state index in [1.807, 2.05) is 36.4 Å². The number of anilines is 1. The highest BCUT2D eigenvalue weighted by molar-refractivity contribution is 7.98. The summed E-state index contributed by atoms with van der Waals surface area (Å²) in [6.07, 6.45) is 1.70. The van der Waals surface area contributed by atoms with Gasteiger partial charge < -0.3 is 10.7 Å². The molecule has 0 aliphatic rings. The van der Waals surface area contributed by atoms with E-state index in [9.17, 15) is 0 Å². The summed E-state index contributed by atoms with van der Waals surface area (Å²) in [5.74, 6) is 1.35. The number of hydrogen-bond donors (Lipinski definition) is 2. The van der Waals surface area contributed by atoms with Crippen LogP contribution in [0.2, 0.25) is 0 Å². The van der Waals surface area contributed by atoms with Crippen molar-refractivity contribution in [2.24, 2.45) is 0 Å². The summed E-state index contributed by atoms with van der Waals surface area (Å²) in [6, 6.07) is 11.9. The first kappa shape index (κ1) is 11.1. The highest BCUT2D eigenvalue weighted by Crippen LogP contribution is 2.24. The first-order chi connectivity index (χ1) is 8.83. The van der Waals surface area contributed by atoms with Crippen molar-refractivity contribution >= 4 is 28.6 Å². The number of benzene rings is 1. The van der Waals surface area contributed by atoms with E-state index in [1.165, 1.54) is 0 Å². The molecule has 0 spiro atoms. The molecule has 0 aliphatic carbocycles. The summed E-state index contributed by atoms with van der Waals surface area (Å²) in [5, 5.41) is 0.902. The number of nitrogens with two attached hydrogens (primary N) is 1. The molecule has 0 amide bonds. The van der Waals surface area contributed by atoms with Crippen molar-refractivity contribution in [2.75, 3.05) is 5.73 Å². The summed E-state index contributed by atoms with van der Waals surface area (Å²) in [6.45, 7) is 0. The van der Waals surface area contributed by atoms with Crippen LogP contribution in [0.3, 0.4) is 0 Å². The van der Waals surface area contributed by atoms with E-state index < -0.39 is 0 Å². The molecule has 0 saturated carbocycles. The quantitative estimate of drug-likeness (QED) is 0.707. The van der Waals surface area contributed by atoms with Gasteiger partial charge in [0.15, 0.2) is 5.16 Å². The number of nitrogens with zero attached hydrogens (tertiary/aromatic N) is 2. The maximum absolute atomic E-state index is 5.80. The molecule has 3 rings (SSSR count). The summed E-state index contributed by atoms with van der Waals surface area (Å²) < 4.78 is 0. The molecule has 0 fully saturated rings. The fourth-order valence-electron chi connectivity index (χ4n) is 1.72. The largest absolute Gasteiger partial charge is 0.383 e. The third kappa shape index (κ3) is 2.17. The zero-order valence-electron chi connectivity index (χ0n) is 9.63. The summed E-state index contributed by atoms with van der Waals surface area (Å²) in [5.41, 5.74) is 8.88. The molecule has 3 N–H and O–H groups in total. The van der Waals surface area contributed by atoms with Gasteiger partial charge in [-0.05, 0) is 18.2 Å². The average molecular weight is 256 g/mol. The number of para-hydroxylation sites is 2. The molecule has 0 atom stereocenters. The third-order valence-electron chi connectivity index (χ3n) is 2.66. The van der Waals surface area contributed by atoms with Crippen molar-refractivity contribution in [3.63, 3.8) is 0 Å². The van der Waals surface area contributed by atoms with Crippen molar-refractivity contribution in [2.45, 2.75) is 10.9 Å². The highest BCUT2D eigenvalue weighted by Gasteiger charge is 2.04. The zero-order valence-corrected chi connectivity index (χ0v) is 10.4. The van der Waals surface area contributed by atoms with Gasteiger partial charge in [0.1, 0.15) is 5.82 Å². The third-order valence-corrected chi connectivity index (χ3v) is 3.58. The Bertz CT molecular complexity index is 644. The molecule has 0 unspecified atom stereocenters. The molecular weight excluding hydrogens is 244 g/mol. The monoisotopic (exact) mass is 256 g/mol. The second kappa shape index (κ2) is 4.70. The highest BCUT2D eigenvalue weighted by atomic mass is 32.2. The Hall–Kier alpha value is -2.01. The Morgan fingerprint density at radius 2 is 2.06 bits per heavy atom. The lowest BCUT2D eigenvalue weighted by atomic mass is 10.3. The number of imidazole rings is 1. The Labute approximate surface area is 109 Å². The summed E-state index contributed by atoms with van der Waals surface area (Å²) >= 11 is 1.63. The van der Waals surface area contributed by atoms with E-state index in [2.05, 4.69) is 15.0 Å². The van der Waals surface area contributed by atoms with Gasteiger partial charge in [-0.2, -0.15) is 0 Å². The van der Waals surface area contributed by atoms with E-state index in [1.54, 1.807) is 18.0 Å². The van der Waals surface area contributed by atoms with Crippen LogP contribution in [0, 0.1) is 0 Å². The van der Waals surface area contributed by atoms with Crippen LogP contribution in [0.1, 0.15) is 5.56 Å². The number of pyridine rings is 1. The van der Waals surface area contributed by atoms with E-state index in [-0.39, 0.29) is 0 Å². The van der Waals surface area contributed by atoms with Crippen LogP contribution in [0.4, 0.5) is 5.82 Å². The van der Waals surface area contributed by atoms with Crippen molar-refractivity contribution < 1.29 is 0 Å². The van der Waals surface area contributed by atoms with Gasteiger partial charge in [-0.1, -0.05) is 30.0 Å². The van der Waals surface area contributed by atoms with Crippen LogP contribution in [-0.4, -0.2) is 15.0 Å². The fourth-order valence-corrected chi connectivity index (χ4v) is 2.60. The Kier molecular flexibility index (Phi) is 2.90. The second-order valence-electron chi connectivity index (χ2n) is 3.90. The van der Waals surface area contributed by atoms with Crippen LogP contribution < -0.4 is 5.73 Å². The SMILES string of the molecule is Nc1ncccc1CSc1nc2ccccc2[nH]1. The van der Waals surface area contributed by atoms with Gasteiger partial charge >= 0.3 is 0 Å². The summed E-state index contributed by atoms with van der Waals surface area (Å²) in [7, 11) is 0. The number of aromatic amines is 1. The summed E-state index contributed by atoms with van der Waals surface area (Å²) in [4.78, 5) is 11.8. The van der Waals surface area contributed by atoms with Gasteiger partial charge in [0.05, 0.1) is 11.0 Å². The maximum atomic E-state index is 5.80. The topological polar surface area (TPSA) is 67.6 Å². The Balaban J connectivity index is 1.79. The maximum Gasteiger partial charge on any atom is 0.166 e. The molecule has 0 saturated heterocycles. The molecular formula is C13H12N4S. The van der Waals surface area contributed by atoms with Crippen molar-refractivity contribution in [3.8, 4) is 0 Å². The van der Waals surface area contributed by atoms with E-state index >= 15 is 0 Å². The van der Waals surface area contributed by atoms with Crippen LogP contribution in [0.5, 0.6) is 0 Å². The number of H-pyrrole nitrogens is 1. The lowest BCUT2D eigenvalue weighted by Crippen LogP contribution is -1.95. The molecule has 2 heterocycles. The number of nitrogens with one attached hydrogen (secondary N) is 1. The first-order valence-corrected chi connectivity index (χ1v) is 6.58. The smallest absolute Gasteiger partial charge is 0.166 e.